The number of carbonyl (C=O) groups excluding carboxylic acids is 2. The molecule has 10 heteroatoms. The van der Waals surface area contributed by atoms with Crippen LogP contribution in [-0.4, -0.2) is 74.9 Å². The van der Waals surface area contributed by atoms with Crippen LogP contribution >= 0.6 is 7.82 Å². The fourth-order valence-electron chi connectivity index (χ4n) is 8.46. The van der Waals surface area contributed by atoms with Gasteiger partial charge in [0.05, 0.1) is 27.7 Å². The van der Waals surface area contributed by atoms with E-state index in [-0.39, 0.29) is 32.0 Å². The first kappa shape index (κ1) is 66.5. The Bertz CT molecular complexity index is 1200. The Kier molecular flexibility index (Phi) is 49.3. The maximum Gasteiger partial charge on any atom is 0.472 e. The van der Waals surface area contributed by atoms with Crippen molar-refractivity contribution < 1.29 is 42.1 Å². The van der Waals surface area contributed by atoms with E-state index >= 15 is 0 Å². The normalized spacial score (nSPS) is 13.4. The highest BCUT2D eigenvalue weighted by atomic mass is 31.2. The van der Waals surface area contributed by atoms with Gasteiger partial charge in [0.25, 0.3) is 0 Å². The fourth-order valence-corrected chi connectivity index (χ4v) is 9.20. The number of esters is 2. The highest BCUT2D eigenvalue weighted by molar-refractivity contribution is 7.47. The summed E-state index contributed by atoms with van der Waals surface area (Å²) in [4.78, 5) is 35.1. The van der Waals surface area contributed by atoms with Crippen molar-refractivity contribution in [1.82, 2.24) is 0 Å². The zero-order valence-corrected chi connectivity index (χ0v) is 46.5. The van der Waals surface area contributed by atoms with Crippen LogP contribution < -0.4 is 0 Å². The van der Waals surface area contributed by atoms with Crippen molar-refractivity contribution in [3.8, 4) is 0 Å². The molecule has 1 N–H and O–H groups in total. The summed E-state index contributed by atoms with van der Waals surface area (Å²) in [6, 6.07) is 0. The number of likely N-dealkylation sites (N-methyl/N-ethyl adjacent to an activating group) is 1. The van der Waals surface area contributed by atoms with Gasteiger partial charge >= 0.3 is 19.8 Å². The third-order valence-electron chi connectivity index (χ3n) is 13.0. The number of hydrogen-bond donors (Lipinski definition) is 1. The zero-order chi connectivity index (χ0) is 49.9. The van der Waals surface area contributed by atoms with E-state index in [9.17, 15) is 19.0 Å². The quantitative estimate of drug-likeness (QED) is 0.0211. The van der Waals surface area contributed by atoms with Crippen molar-refractivity contribution in [2.24, 2.45) is 0 Å². The van der Waals surface area contributed by atoms with Crippen molar-refractivity contribution in [2.75, 3.05) is 47.5 Å². The van der Waals surface area contributed by atoms with Crippen molar-refractivity contribution in [3.63, 3.8) is 0 Å². The first-order valence-electron chi connectivity index (χ1n) is 29.1. The molecule has 0 aliphatic heterocycles. The molecule has 9 nitrogen and oxygen atoms in total. The molecule has 0 radical (unpaired) electrons. The molecule has 0 aromatic rings. The minimum atomic E-state index is -4.36. The number of ether oxygens (including phenoxy) is 2. The Balaban J connectivity index is 3.70. The molecule has 0 heterocycles. The number of phosphoric acid groups is 1. The van der Waals surface area contributed by atoms with Crippen LogP contribution in [0.1, 0.15) is 284 Å². The summed E-state index contributed by atoms with van der Waals surface area (Å²) in [5, 5.41) is 0. The second kappa shape index (κ2) is 50.4. The Morgan fingerprint density at radius 1 is 0.456 bits per heavy atom. The van der Waals surface area contributed by atoms with Crippen LogP contribution in [-0.2, 0) is 32.7 Å². The molecule has 0 aromatic heterocycles. The number of nitrogens with zero attached hydrogens (tertiary/aromatic N) is 1. The highest BCUT2D eigenvalue weighted by Crippen LogP contribution is 2.43. The molecule has 0 amide bonds. The van der Waals surface area contributed by atoms with E-state index < -0.39 is 26.5 Å². The molecule has 2 unspecified atom stereocenters. The van der Waals surface area contributed by atoms with E-state index in [2.05, 4.69) is 38.2 Å². The van der Waals surface area contributed by atoms with Crippen LogP contribution in [0.2, 0.25) is 0 Å². The lowest BCUT2D eigenvalue weighted by Crippen LogP contribution is -2.37. The maximum atomic E-state index is 12.7. The van der Waals surface area contributed by atoms with Crippen molar-refractivity contribution in [3.05, 3.63) is 24.3 Å². The number of carbonyl (C=O) groups is 2. The molecule has 0 saturated carbocycles. The number of unbranched alkanes of at least 4 members (excludes halogenated alkanes) is 36. The zero-order valence-electron chi connectivity index (χ0n) is 45.6. The largest absolute Gasteiger partial charge is 0.472 e. The van der Waals surface area contributed by atoms with Gasteiger partial charge in [-0.2, -0.15) is 0 Å². The van der Waals surface area contributed by atoms with E-state index in [0.29, 0.717) is 17.4 Å². The number of quaternary nitrogens is 1. The van der Waals surface area contributed by atoms with Gasteiger partial charge in [0.2, 0.25) is 0 Å². The molecule has 0 rings (SSSR count). The van der Waals surface area contributed by atoms with Gasteiger partial charge in [0.1, 0.15) is 19.8 Å². The van der Waals surface area contributed by atoms with Crippen LogP contribution in [0, 0.1) is 0 Å². The predicted octanol–water partition coefficient (Wildman–Crippen LogP) is 17.8. The topological polar surface area (TPSA) is 108 Å². The number of phosphoric ester groups is 1. The number of hydrogen-bond acceptors (Lipinski definition) is 7. The van der Waals surface area contributed by atoms with E-state index in [4.69, 9.17) is 18.5 Å². The number of allylic oxidation sites excluding steroid dienone is 4. The van der Waals surface area contributed by atoms with Crippen LogP contribution in [0.15, 0.2) is 24.3 Å². The van der Waals surface area contributed by atoms with E-state index in [1.165, 1.54) is 199 Å². The smallest absolute Gasteiger partial charge is 0.462 e. The third-order valence-corrected chi connectivity index (χ3v) is 14.0. The number of rotatable bonds is 54. The Morgan fingerprint density at radius 2 is 0.794 bits per heavy atom. The molecule has 2 atom stereocenters. The second-order valence-electron chi connectivity index (χ2n) is 21.0. The summed E-state index contributed by atoms with van der Waals surface area (Å²) >= 11 is 0. The molecular formula is C58H113NO8P+. The van der Waals surface area contributed by atoms with Gasteiger partial charge in [-0.25, -0.2) is 4.57 Å². The van der Waals surface area contributed by atoms with Gasteiger partial charge in [0, 0.05) is 12.8 Å². The lowest BCUT2D eigenvalue weighted by Gasteiger charge is -2.24. The summed E-state index contributed by atoms with van der Waals surface area (Å²) in [5.41, 5.74) is 0. The predicted molar refractivity (Wildman–Crippen MR) is 289 cm³/mol. The van der Waals surface area contributed by atoms with E-state index in [0.717, 1.165) is 51.4 Å². The fraction of sp³-hybridized carbons (Fsp3) is 0.897. The standard InChI is InChI=1S/C58H112NO8P/c1-6-8-10-12-13-14-15-16-17-18-19-20-21-22-23-24-25-26-27-28-29-30-31-32-33-34-35-36-37-38-39-40-41-42-43-44-45-47-49-51-58(61)67-56(54-64-57(60)50-48-46-11-9-7-2)55-66-68(62,63)65-53-52-59(3,4)5/h15-16,18-19,56H,6-14,17,20-55H2,1-5H3/p+1/b16-15-,19-18-. The van der Waals surface area contributed by atoms with Crippen molar-refractivity contribution in [1.29, 1.82) is 0 Å². The SMILES string of the molecule is CCCCCCC/C=C\C/C=C\CCCCCCCCCCCCCCCCCCCCCCCCCCCCCC(=O)OC(COC(=O)CCCCCCC)COP(=O)(O)OCC[N+](C)(C)C. The summed E-state index contributed by atoms with van der Waals surface area (Å²) in [7, 11) is 1.49. The summed E-state index contributed by atoms with van der Waals surface area (Å²) < 4.78 is 34.2. The summed E-state index contributed by atoms with van der Waals surface area (Å²) in [6.07, 6.45) is 60.6. The molecule has 402 valence electrons. The van der Waals surface area contributed by atoms with Gasteiger partial charge in [-0.3, -0.25) is 18.6 Å². The molecule has 0 bridgehead atoms. The molecule has 0 aromatic carbocycles. The van der Waals surface area contributed by atoms with Gasteiger partial charge in [-0.1, -0.05) is 250 Å². The Hall–Kier alpha value is -1.51. The molecule has 0 saturated heterocycles. The van der Waals surface area contributed by atoms with Crippen LogP contribution in [0.4, 0.5) is 0 Å². The van der Waals surface area contributed by atoms with E-state index in [1.807, 2.05) is 21.1 Å². The van der Waals surface area contributed by atoms with Gasteiger partial charge < -0.3 is 18.9 Å². The molecule has 0 aliphatic carbocycles. The van der Waals surface area contributed by atoms with Crippen molar-refractivity contribution >= 4 is 19.8 Å². The van der Waals surface area contributed by atoms with Gasteiger partial charge in [0.15, 0.2) is 6.10 Å². The minimum absolute atomic E-state index is 0.0350. The summed E-state index contributed by atoms with van der Waals surface area (Å²) in [6.45, 7) is 4.35. The average molecular weight is 984 g/mol. The Morgan fingerprint density at radius 3 is 1.16 bits per heavy atom. The molecular weight excluding hydrogens is 870 g/mol. The molecule has 68 heavy (non-hydrogen) atoms. The highest BCUT2D eigenvalue weighted by Gasteiger charge is 2.27. The van der Waals surface area contributed by atoms with Crippen LogP contribution in [0.5, 0.6) is 0 Å². The molecule has 0 spiro atoms. The van der Waals surface area contributed by atoms with Gasteiger partial charge in [-0.15, -0.1) is 0 Å². The first-order chi connectivity index (χ1) is 33.0. The lowest BCUT2D eigenvalue weighted by molar-refractivity contribution is -0.870. The summed E-state index contributed by atoms with van der Waals surface area (Å²) in [5.74, 6) is -0.799. The first-order valence-corrected chi connectivity index (χ1v) is 30.6. The van der Waals surface area contributed by atoms with Crippen LogP contribution in [0.25, 0.3) is 0 Å². The maximum absolute atomic E-state index is 12.7. The lowest BCUT2D eigenvalue weighted by atomic mass is 10.0. The molecule has 0 fully saturated rings. The monoisotopic (exact) mass is 983 g/mol. The van der Waals surface area contributed by atoms with E-state index in [1.54, 1.807) is 0 Å². The Labute approximate surface area is 421 Å². The minimum Gasteiger partial charge on any atom is -0.462 e. The third kappa shape index (κ3) is 53.8. The molecule has 0 aliphatic rings. The van der Waals surface area contributed by atoms with Crippen LogP contribution in [0.3, 0.4) is 0 Å². The van der Waals surface area contributed by atoms with Gasteiger partial charge in [-0.05, 0) is 44.9 Å². The second-order valence-corrected chi connectivity index (χ2v) is 22.5. The van der Waals surface area contributed by atoms with Crippen molar-refractivity contribution in [2.45, 2.75) is 290 Å². The average Bonchev–Trinajstić information content (AvgIpc) is 3.30.